The molecule has 0 aliphatic carbocycles. The van der Waals surface area contributed by atoms with Crippen LogP contribution in [0.4, 0.5) is 0 Å². The van der Waals surface area contributed by atoms with E-state index in [0.717, 1.165) is 22.2 Å². The van der Waals surface area contributed by atoms with Gasteiger partial charge in [-0.3, -0.25) is 0 Å². The summed E-state index contributed by atoms with van der Waals surface area (Å²) >= 11 is 0. The average Bonchev–Trinajstić information content (AvgIpc) is 2.90. The van der Waals surface area contributed by atoms with Gasteiger partial charge in [0.25, 0.3) is 0 Å². The number of fused-ring (bicyclic) bond motifs is 1. The minimum absolute atomic E-state index is 0.296. The maximum absolute atomic E-state index is 11.5. The van der Waals surface area contributed by atoms with Gasteiger partial charge in [-0.2, -0.15) is 0 Å². The van der Waals surface area contributed by atoms with E-state index in [4.69, 9.17) is 5.73 Å². The van der Waals surface area contributed by atoms with Crippen LogP contribution in [0.25, 0.3) is 22.4 Å². The molecule has 3 aromatic rings. The van der Waals surface area contributed by atoms with Gasteiger partial charge >= 0.3 is 0 Å². The lowest BCUT2D eigenvalue weighted by atomic mass is 10.2. The third kappa shape index (κ3) is 2.55. The van der Waals surface area contributed by atoms with Crippen molar-refractivity contribution in [3.63, 3.8) is 0 Å². The molecule has 6 heteroatoms. The number of aromatic nitrogens is 2. The quantitative estimate of drug-likeness (QED) is 0.775. The third-order valence-electron chi connectivity index (χ3n) is 3.37. The zero-order chi connectivity index (χ0) is 15.0. The van der Waals surface area contributed by atoms with Crippen LogP contribution in [0.3, 0.4) is 0 Å². The molecule has 1 aromatic heterocycles. The molecular weight excluding hydrogens is 286 g/mol. The molecule has 108 valence electrons. The first-order chi connectivity index (χ1) is 9.99. The monoisotopic (exact) mass is 301 g/mol. The lowest BCUT2D eigenvalue weighted by Crippen LogP contribution is -1.97. The van der Waals surface area contributed by atoms with Crippen molar-refractivity contribution in [3.05, 3.63) is 48.0 Å². The number of aromatic amines is 1. The molecule has 0 fully saturated rings. The normalized spacial score (nSPS) is 11.9. The minimum atomic E-state index is -3.18. The van der Waals surface area contributed by atoms with Crippen LogP contribution in [0, 0.1) is 0 Å². The molecular formula is C15H15N3O2S. The van der Waals surface area contributed by atoms with Crippen LogP contribution in [-0.4, -0.2) is 24.6 Å². The molecule has 0 unspecified atom stereocenters. The fourth-order valence-electron chi connectivity index (χ4n) is 2.25. The largest absolute Gasteiger partial charge is 0.338 e. The molecule has 3 rings (SSSR count). The number of sulfone groups is 1. The summed E-state index contributed by atoms with van der Waals surface area (Å²) in [6.07, 6.45) is 1.19. The average molecular weight is 301 g/mol. The Morgan fingerprint density at radius 1 is 1.14 bits per heavy atom. The molecule has 0 bridgehead atoms. The van der Waals surface area contributed by atoms with Gasteiger partial charge < -0.3 is 10.7 Å². The van der Waals surface area contributed by atoms with Crippen molar-refractivity contribution in [2.45, 2.75) is 11.4 Å². The summed E-state index contributed by atoms with van der Waals surface area (Å²) in [7, 11) is -3.18. The highest BCUT2D eigenvalue weighted by Crippen LogP contribution is 2.23. The summed E-state index contributed by atoms with van der Waals surface area (Å²) in [5.74, 6) is 0.700. The Hall–Kier alpha value is -2.18. The second kappa shape index (κ2) is 4.98. The highest BCUT2D eigenvalue weighted by molar-refractivity contribution is 7.90. The van der Waals surface area contributed by atoms with Crippen LogP contribution < -0.4 is 5.73 Å². The topological polar surface area (TPSA) is 88.8 Å². The van der Waals surface area contributed by atoms with Crippen molar-refractivity contribution in [1.82, 2.24) is 9.97 Å². The number of H-pyrrole nitrogens is 1. The Balaban J connectivity index is 2.08. The standard InChI is InChI=1S/C15H15N3O2S/c1-21(19,20)12-7-5-10(6-8-12)15-17-13-4-2-3-11(9-16)14(13)18-15/h2-8H,9,16H2,1H3,(H,17,18). The maximum atomic E-state index is 11.5. The molecule has 0 radical (unpaired) electrons. The maximum Gasteiger partial charge on any atom is 0.175 e. The lowest BCUT2D eigenvalue weighted by Gasteiger charge is -2.00. The van der Waals surface area contributed by atoms with E-state index in [1.54, 1.807) is 24.3 Å². The number of nitrogens with zero attached hydrogens (tertiary/aromatic N) is 1. The van der Waals surface area contributed by atoms with Gasteiger partial charge in [0.05, 0.1) is 15.9 Å². The van der Waals surface area contributed by atoms with Gasteiger partial charge in [-0.05, 0) is 35.9 Å². The first kappa shape index (κ1) is 13.8. The second-order valence-electron chi connectivity index (χ2n) is 4.90. The number of nitrogens with one attached hydrogen (secondary N) is 1. The van der Waals surface area contributed by atoms with Gasteiger partial charge in [-0.15, -0.1) is 0 Å². The fraction of sp³-hybridized carbons (Fsp3) is 0.133. The van der Waals surface area contributed by atoms with Crippen LogP contribution in [0.2, 0.25) is 0 Å². The molecule has 0 atom stereocenters. The lowest BCUT2D eigenvalue weighted by molar-refractivity contribution is 0.602. The number of benzene rings is 2. The van der Waals surface area contributed by atoms with Crippen LogP contribution in [-0.2, 0) is 16.4 Å². The predicted octanol–water partition coefficient (Wildman–Crippen LogP) is 2.09. The summed E-state index contributed by atoms with van der Waals surface area (Å²) in [6, 6.07) is 12.5. The van der Waals surface area contributed by atoms with Crippen molar-refractivity contribution in [2.24, 2.45) is 5.73 Å². The Kier molecular flexibility index (Phi) is 3.27. The summed E-state index contributed by atoms with van der Waals surface area (Å²) in [6.45, 7) is 0.425. The number of rotatable bonds is 3. The van der Waals surface area contributed by atoms with Crippen LogP contribution in [0.5, 0.6) is 0 Å². The molecule has 21 heavy (non-hydrogen) atoms. The van der Waals surface area contributed by atoms with Crippen LogP contribution >= 0.6 is 0 Å². The van der Waals surface area contributed by atoms with Gasteiger partial charge in [0, 0.05) is 18.4 Å². The van der Waals surface area contributed by atoms with Gasteiger partial charge in [0.1, 0.15) is 5.82 Å². The zero-order valence-electron chi connectivity index (χ0n) is 11.5. The van der Waals surface area contributed by atoms with Crippen molar-refractivity contribution < 1.29 is 8.42 Å². The number of hydrogen-bond donors (Lipinski definition) is 2. The smallest absolute Gasteiger partial charge is 0.175 e. The van der Waals surface area contributed by atoms with Crippen molar-refractivity contribution >= 4 is 20.9 Å². The van der Waals surface area contributed by atoms with E-state index in [-0.39, 0.29) is 0 Å². The summed E-state index contributed by atoms with van der Waals surface area (Å²) in [5, 5.41) is 0. The van der Waals surface area contributed by atoms with E-state index >= 15 is 0 Å². The van der Waals surface area contributed by atoms with E-state index in [1.807, 2.05) is 18.2 Å². The minimum Gasteiger partial charge on any atom is -0.338 e. The Morgan fingerprint density at radius 3 is 2.48 bits per heavy atom. The molecule has 0 spiro atoms. The van der Waals surface area contributed by atoms with Crippen LogP contribution in [0.1, 0.15) is 5.56 Å². The zero-order valence-corrected chi connectivity index (χ0v) is 12.3. The predicted molar refractivity (Wildman–Crippen MR) is 82.5 cm³/mol. The molecule has 0 saturated carbocycles. The first-order valence-electron chi connectivity index (χ1n) is 6.47. The van der Waals surface area contributed by atoms with E-state index in [2.05, 4.69) is 9.97 Å². The van der Waals surface area contributed by atoms with E-state index in [0.29, 0.717) is 17.3 Å². The molecule has 3 N–H and O–H groups in total. The molecule has 0 aliphatic heterocycles. The Bertz CT molecular complexity index is 896. The third-order valence-corrected chi connectivity index (χ3v) is 4.50. The molecule has 5 nitrogen and oxygen atoms in total. The second-order valence-corrected chi connectivity index (χ2v) is 6.92. The van der Waals surface area contributed by atoms with Gasteiger partial charge in [0.15, 0.2) is 9.84 Å². The summed E-state index contributed by atoms with van der Waals surface area (Å²) in [4.78, 5) is 8.09. The summed E-state index contributed by atoms with van der Waals surface area (Å²) < 4.78 is 22.9. The van der Waals surface area contributed by atoms with Gasteiger partial charge in [-0.1, -0.05) is 12.1 Å². The van der Waals surface area contributed by atoms with E-state index in [9.17, 15) is 8.42 Å². The molecule has 1 heterocycles. The molecule has 0 aliphatic rings. The van der Waals surface area contributed by atoms with Crippen molar-refractivity contribution in [1.29, 1.82) is 0 Å². The number of hydrogen-bond acceptors (Lipinski definition) is 4. The number of nitrogens with two attached hydrogens (primary N) is 1. The highest BCUT2D eigenvalue weighted by atomic mass is 32.2. The van der Waals surface area contributed by atoms with Gasteiger partial charge in [-0.25, -0.2) is 13.4 Å². The first-order valence-corrected chi connectivity index (χ1v) is 8.36. The van der Waals surface area contributed by atoms with E-state index < -0.39 is 9.84 Å². The number of imidazole rings is 1. The molecule has 2 aromatic carbocycles. The van der Waals surface area contributed by atoms with Crippen molar-refractivity contribution in [3.8, 4) is 11.4 Å². The molecule has 0 amide bonds. The highest BCUT2D eigenvalue weighted by Gasteiger charge is 2.10. The SMILES string of the molecule is CS(=O)(=O)c1ccc(-c2nc3c(CN)cccc3[nH]2)cc1. The molecule has 0 saturated heterocycles. The van der Waals surface area contributed by atoms with E-state index in [1.165, 1.54) is 6.26 Å². The number of para-hydroxylation sites is 1. The summed E-state index contributed by atoms with van der Waals surface area (Å²) in [5.41, 5.74) is 9.29. The van der Waals surface area contributed by atoms with Crippen molar-refractivity contribution in [2.75, 3.05) is 6.26 Å². The fourth-order valence-corrected chi connectivity index (χ4v) is 2.88. The Morgan fingerprint density at radius 2 is 1.86 bits per heavy atom. The van der Waals surface area contributed by atoms with Crippen LogP contribution in [0.15, 0.2) is 47.4 Å². The Labute approximate surface area is 122 Å². The van der Waals surface area contributed by atoms with Gasteiger partial charge in [0.2, 0.25) is 0 Å².